The van der Waals surface area contributed by atoms with E-state index in [1.54, 1.807) is 12.4 Å². The number of aromatic nitrogens is 2. The molecule has 0 amide bonds. The molecule has 20 heavy (non-hydrogen) atoms. The molecule has 1 aromatic heterocycles. The Balaban J connectivity index is 1.95. The molecule has 1 saturated heterocycles. The predicted molar refractivity (Wildman–Crippen MR) is 79.5 cm³/mol. The van der Waals surface area contributed by atoms with Crippen molar-refractivity contribution in [3.63, 3.8) is 0 Å². The highest BCUT2D eigenvalue weighted by Crippen LogP contribution is 2.12. The van der Waals surface area contributed by atoms with Crippen molar-refractivity contribution in [1.82, 2.24) is 15.3 Å². The van der Waals surface area contributed by atoms with Crippen molar-refractivity contribution in [3.05, 3.63) is 18.0 Å². The summed E-state index contributed by atoms with van der Waals surface area (Å²) in [5, 5.41) is 3.38. The molecule has 1 aromatic rings. The van der Waals surface area contributed by atoms with Crippen LogP contribution in [-0.4, -0.2) is 48.5 Å². The van der Waals surface area contributed by atoms with Crippen LogP contribution in [0.4, 0.5) is 5.95 Å². The normalized spacial score (nSPS) is 19.1. The summed E-state index contributed by atoms with van der Waals surface area (Å²) in [7, 11) is -2.86. The molecule has 1 fully saturated rings. The van der Waals surface area contributed by atoms with Crippen LogP contribution in [0.25, 0.3) is 0 Å². The van der Waals surface area contributed by atoms with Gasteiger partial charge in [0.2, 0.25) is 5.95 Å². The Kier molecular flexibility index (Phi) is 4.29. The second kappa shape index (κ2) is 5.65. The molecule has 0 radical (unpaired) electrons. The Labute approximate surface area is 120 Å². The van der Waals surface area contributed by atoms with Crippen LogP contribution >= 0.6 is 0 Å². The van der Waals surface area contributed by atoms with Gasteiger partial charge in [-0.15, -0.1) is 0 Å². The molecule has 0 unspecified atom stereocenters. The highest BCUT2D eigenvalue weighted by atomic mass is 32.2. The Hall–Kier alpha value is -1.21. The summed E-state index contributed by atoms with van der Waals surface area (Å²) in [6, 6.07) is 0. The number of nitrogens with zero attached hydrogens (tertiary/aromatic N) is 3. The summed E-state index contributed by atoms with van der Waals surface area (Å²) < 4.78 is 22.8. The lowest BCUT2D eigenvalue weighted by atomic mass is 10.1. The Bertz CT molecular complexity index is 535. The summed E-state index contributed by atoms with van der Waals surface area (Å²) >= 11 is 0. The number of hydrogen-bond donors (Lipinski definition) is 1. The van der Waals surface area contributed by atoms with E-state index in [2.05, 4.69) is 36.1 Å². The lowest BCUT2D eigenvalue weighted by Crippen LogP contribution is -2.41. The quantitative estimate of drug-likeness (QED) is 0.881. The topological polar surface area (TPSA) is 75.2 Å². The zero-order valence-electron chi connectivity index (χ0n) is 12.3. The molecule has 1 N–H and O–H groups in total. The van der Waals surface area contributed by atoms with E-state index in [1.165, 1.54) is 0 Å². The fourth-order valence-corrected chi connectivity index (χ4v) is 3.08. The van der Waals surface area contributed by atoms with Gasteiger partial charge in [0.05, 0.1) is 11.5 Å². The van der Waals surface area contributed by atoms with Gasteiger partial charge in [-0.1, -0.05) is 0 Å². The molecule has 0 bridgehead atoms. The molecule has 0 spiro atoms. The average Bonchev–Trinajstić information content (AvgIpc) is 2.36. The second-order valence-electron chi connectivity index (χ2n) is 6.13. The monoisotopic (exact) mass is 298 g/mol. The second-order valence-corrected chi connectivity index (χ2v) is 8.44. The maximum Gasteiger partial charge on any atom is 0.225 e. The highest BCUT2D eigenvalue weighted by Gasteiger charge is 2.23. The lowest BCUT2D eigenvalue weighted by Gasteiger charge is -2.26. The number of anilines is 1. The van der Waals surface area contributed by atoms with Gasteiger partial charge in [0.25, 0.3) is 0 Å². The molecule has 2 heterocycles. The van der Waals surface area contributed by atoms with Gasteiger partial charge in [-0.3, -0.25) is 0 Å². The van der Waals surface area contributed by atoms with E-state index < -0.39 is 9.84 Å². The first kappa shape index (κ1) is 15.2. The van der Waals surface area contributed by atoms with Crippen LogP contribution in [0, 0.1) is 0 Å². The Morgan fingerprint density at radius 2 is 1.75 bits per heavy atom. The molecular formula is C13H22N4O2S. The van der Waals surface area contributed by atoms with Crippen LogP contribution in [-0.2, 0) is 16.4 Å². The summed E-state index contributed by atoms with van der Waals surface area (Å²) in [6.45, 7) is 7.99. The summed E-state index contributed by atoms with van der Waals surface area (Å²) in [5.74, 6) is 0.979. The van der Waals surface area contributed by atoms with Crippen molar-refractivity contribution >= 4 is 15.8 Å². The van der Waals surface area contributed by atoms with Gasteiger partial charge in [0.15, 0.2) is 9.84 Å². The van der Waals surface area contributed by atoms with Gasteiger partial charge in [-0.25, -0.2) is 18.4 Å². The third kappa shape index (κ3) is 4.42. The van der Waals surface area contributed by atoms with Crippen LogP contribution < -0.4 is 10.2 Å². The van der Waals surface area contributed by atoms with Crippen LogP contribution in [0.3, 0.4) is 0 Å². The minimum atomic E-state index is -2.86. The molecule has 0 aromatic carbocycles. The molecule has 1 aliphatic rings. The van der Waals surface area contributed by atoms with Crippen molar-refractivity contribution in [1.29, 1.82) is 0 Å². The van der Waals surface area contributed by atoms with E-state index in [-0.39, 0.29) is 17.0 Å². The first-order valence-electron chi connectivity index (χ1n) is 6.76. The first-order valence-corrected chi connectivity index (χ1v) is 8.59. The molecular weight excluding hydrogens is 276 g/mol. The number of nitrogens with one attached hydrogen (secondary N) is 1. The molecule has 112 valence electrons. The molecule has 2 rings (SSSR count). The van der Waals surface area contributed by atoms with Crippen LogP contribution in [0.2, 0.25) is 0 Å². The number of hydrogen-bond acceptors (Lipinski definition) is 6. The standard InChI is InChI=1S/C13H22N4O2S/c1-13(2,3)16-10-11-8-14-12(15-9-11)17-4-6-20(18,19)7-5-17/h8-9,16H,4-7,10H2,1-3H3. The fourth-order valence-electron chi connectivity index (χ4n) is 1.88. The van der Waals surface area contributed by atoms with Gasteiger partial charge in [-0.2, -0.15) is 0 Å². The van der Waals surface area contributed by atoms with Crippen molar-refractivity contribution in [2.75, 3.05) is 29.5 Å². The minimum absolute atomic E-state index is 0.0555. The maximum atomic E-state index is 11.4. The summed E-state index contributed by atoms with van der Waals surface area (Å²) in [4.78, 5) is 10.6. The van der Waals surface area contributed by atoms with E-state index in [4.69, 9.17) is 0 Å². The molecule has 0 atom stereocenters. The fraction of sp³-hybridized carbons (Fsp3) is 0.692. The van der Waals surface area contributed by atoms with E-state index in [1.807, 2.05) is 4.90 Å². The zero-order chi connectivity index (χ0) is 14.8. The largest absolute Gasteiger partial charge is 0.339 e. The highest BCUT2D eigenvalue weighted by molar-refractivity contribution is 7.91. The van der Waals surface area contributed by atoms with Gasteiger partial charge in [0.1, 0.15) is 0 Å². The average molecular weight is 298 g/mol. The predicted octanol–water partition coefficient (Wildman–Crippen LogP) is 0.599. The first-order chi connectivity index (χ1) is 9.25. The van der Waals surface area contributed by atoms with E-state index in [9.17, 15) is 8.42 Å². The summed E-state index contributed by atoms with van der Waals surface area (Å²) in [5.41, 5.74) is 1.08. The third-order valence-electron chi connectivity index (χ3n) is 3.14. The molecule has 0 aliphatic carbocycles. The molecule has 6 nitrogen and oxygen atoms in total. The van der Waals surface area contributed by atoms with Crippen molar-refractivity contribution in [2.24, 2.45) is 0 Å². The van der Waals surface area contributed by atoms with E-state index >= 15 is 0 Å². The van der Waals surface area contributed by atoms with E-state index in [0.29, 0.717) is 19.0 Å². The molecule has 7 heteroatoms. The number of rotatable bonds is 3. The third-order valence-corrected chi connectivity index (χ3v) is 4.75. The van der Waals surface area contributed by atoms with Crippen LogP contribution in [0.1, 0.15) is 26.3 Å². The minimum Gasteiger partial charge on any atom is -0.339 e. The number of sulfone groups is 1. The van der Waals surface area contributed by atoms with Crippen molar-refractivity contribution in [3.8, 4) is 0 Å². The molecule has 0 saturated carbocycles. The smallest absolute Gasteiger partial charge is 0.225 e. The zero-order valence-corrected chi connectivity index (χ0v) is 13.1. The lowest BCUT2D eigenvalue weighted by molar-refractivity contribution is 0.423. The Morgan fingerprint density at radius 3 is 2.25 bits per heavy atom. The van der Waals surface area contributed by atoms with E-state index in [0.717, 1.165) is 12.1 Å². The molecule has 1 aliphatic heterocycles. The SMILES string of the molecule is CC(C)(C)NCc1cnc(N2CCS(=O)(=O)CC2)nc1. The van der Waals surface area contributed by atoms with Crippen molar-refractivity contribution in [2.45, 2.75) is 32.9 Å². The summed E-state index contributed by atoms with van der Waals surface area (Å²) in [6.07, 6.45) is 3.59. The Morgan fingerprint density at radius 1 is 1.20 bits per heavy atom. The van der Waals surface area contributed by atoms with Gasteiger partial charge in [0, 0.05) is 43.1 Å². The van der Waals surface area contributed by atoms with Gasteiger partial charge < -0.3 is 10.2 Å². The van der Waals surface area contributed by atoms with Crippen LogP contribution in [0.5, 0.6) is 0 Å². The van der Waals surface area contributed by atoms with Gasteiger partial charge in [-0.05, 0) is 20.8 Å². The maximum absolute atomic E-state index is 11.4. The van der Waals surface area contributed by atoms with Crippen LogP contribution in [0.15, 0.2) is 12.4 Å². The van der Waals surface area contributed by atoms with Crippen molar-refractivity contribution < 1.29 is 8.42 Å². The van der Waals surface area contributed by atoms with Gasteiger partial charge >= 0.3 is 0 Å².